The van der Waals surface area contributed by atoms with Crippen molar-refractivity contribution in [2.24, 2.45) is 0 Å². The van der Waals surface area contributed by atoms with Gasteiger partial charge in [0.15, 0.2) is 6.10 Å². The molecule has 0 spiro atoms. The first-order chi connectivity index (χ1) is 10.2. The van der Waals surface area contributed by atoms with Crippen LogP contribution in [0.5, 0.6) is 5.75 Å². The third kappa shape index (κ3) is 5.91. The Labute approximate surface area is 142 Å². The normalized spacial score (nSPS) is 15.3. The summed E-state index contributed by atoms with van der Waals surface area (Å²) in [5.74, 6) is 0.639. The van der Waals surface area contributed by atoms with Crippen LogP contribution in [0.25, 0.3) is 0 Å². The van der Waals surface area contributed by atoms with Gasteiger partial charge in [-0.25, -0.2) is 0 Å². The van der Waals surface area contributed by atoms with Crippen molar-refractivity contribution < 1.29 is 9.53 Å². The quantitative estimate of drug-likeness (QED) is 0.616. The lowest BCUT2D eigenvalue weighted by molar-refractivity contribution is -0.127. The van der Waals surface area contributed by atoms with Gasteiger partial charge in [0.25, 0.3) is 5.91 Å². The lowest BCUT2D eigenvalue weighted by Crippen LogP contribution is -2.38. The standard InChI is InChI=1S/C16H22N2O2S.ClH/c1-12(20-14-3-5-15(21-2)6-4-14)16(19)18-11-13-7-9-17-10-8-13;/h3-7,12,17H,8-11H2,1-2H3,(H,18,19);1H. The van der Waals surface area contributed by atoms with Crippen molar-refractivity contribution in [2.45, 2.75) is 24.3 Å². The average molecular weight is 343 g/mol. The number of nitrogens with one attached hydrogen (secondary N) is 2. The summed E-state index contributed by atoms with van der Waals surface area (Å²) in [5, 5.41) is 6.18. The van der Waals surface area contributed by atoms with E-state index in [9.17, 15) is 4.79 Å². The number of carbonyl (C=O) groups excluding carboxylic acids is 1. The molecule has 1 aromatic carbocycles. The van der Waals surface area contributed by atoms with Gasteiger partial charge in [0, 0.05) is 18.0 Å². The third-order valence-corrected chi connectivity index (χ3v) is 4.13. The van der Waals surface area contributed by atoms with Crippen molar-refractivity contribution in [3.8, 4) is 5.75 Å². The molecule has 0 saturated heterocycles. The molecule has 1 atom stereocenters. The number of rotatable bonds is 6. The van der Waals surface area contributed by atoms with Crippen molar-refractivity contribution in [3.63, 3.8) is 0 Å². The molecular weight excluding hydrogens is 320 g/mol. The van der Waals surface area contributed by atoms with Gasteiger partial charge in [-0.3, -0.25) is 4.79 Å². The molecule has 122 valence electrons. The Bertz CT molecular complexity index is 505. The second kappa shape index (κ2) is 9.77. The molecule has 0 bridgehead atoms. The molecule has 1 heterocycles. The predicted octanol–water partition coefficient (Wildman–Crippen LogP) is 2.63. The molecule has 2 N–H and O–H groups in total. The maximum atomic E-state index is 12.0. The fourth-order valence-electron chi connectivity index (χ4n) is 2.09. The van der Waals surface area contributed by atoms with E-state index in [1.807, 2.05) is 30.5 Å². The number of carbonyl (C=O) groups is 1. The Hall–Kier alpha value is -1.17. The average Bonchev–Trinajstić information content (AvgIpc) is 2.54. The topological polar surface area (TPSA) is 50.4 Å². The Morgan fingerprint density at radius 2 is 2.14 bits per heavy atom. The molecule has 1 amide bonds. The monoisotopic (exact) mass is 342 g/mol. The van der Waals surface area contributed by atoms with Gasteiger partial charge in [-0.2, -0.15) is 0 Å². The zero-order valence-electron chi connectivity index (χ0n) is 12.9. The van der Waals surface area contributed by atoms with Gasteiger partial charge in [0.05, 0.1) is 0 Å². The Balaban J connectivity index is 0.00000242. The summed E-state index contributed by atoms with van der Waals surface area (Å²) in [4.78, 5) is 13.2. The number of amides is 1. The van der Waals surface area contributed by atoms with Gasteiger partial charge in [-0.15, -0.1) is 24.2 Å². The van der Waals surface area contributed by atoms with Crippen LogP contribution >= 0.6 is 24.2 Å². The van der Waals surface area contributed by atoms with E-state index in [0.29, 0.717) is 6.54 Å². The number of halogens is 1. The molecule has 0 fully saturated rings. The van der Waals surface area contributed by atoms with Crippen LogP contribution in [0.4, 0.5) is 0 Å². The van der Waals surface area contributed by atoms with E-state index in [1.54, 1.807) is 18.7 Å². The van der Waals surface area contributed by atoms with E-state index in [2.05, 4.69) is 16.7 Å². The summed E-state index contributed by atoms with van der Waals surface area (Å²) in [7, 11) is 0. The van der Waals surface area contributed by atoms with Gasteiger partial charge in [0.1, 0.15) is 5.75 Å². The minimum Gasteiger partial charge on any atom is -0.481 e. The zero-order valence-corrected chi connectivity index (χ0v) is 14.6. The number of hydrogen-bond donors (Lipinski definition) is 2. The molecule has 2 rings (SSSR count). The van der Waals surface area contributed by atoms with Gasteiger partial charge >= 0.3 is 0 Å². The molecule has 22 heavy (non-hydrogen) atoms. The smallest absolute Gasteiger partial charge is 0.261 e. The lowest BCUT2D eigenvalue weighted by Gasteiger charge is -2.17. The van der Waals surface area contributed by atoms with E-state index in [-0.39, 0.29) is 18.3 Å². The maximum absolute atomic E-state index is 12.0. The van der Waals surface area contributed by atoms with Crippen molar-refractivity contribution in [2.75, 3.05) is 25.9 Å². The summed E-state index contributed by atoms with van der Waals surface area (Å²) in [6, 6.07) is 7.77. The van der Waals surface area contributed by atoms with Crippen LogP contribution in [-0.2, 0) is 4.79 Å². The highest BCUT2D eigenvalue weighted by atomic mass is 35.5. The molecule has 4 nitrogen and oxygen atoms in total. The largest absolute Gasteiger partial charge is 0.481 e. The first-order valence-corrected chi connectivity index (χ1v) is 8.38. The molecule has 0 radical (unpaired) electrons. The van der Waals surface area contributed by atoms with Crippen LogP contribution in [-0.4, -0.2) is 37.9 Å². The predicted molar refractivity (Wildman–Crippen MR) is 94.1 cm³/mol. The number of thioether (sulfide) groups is 1. The Morgan fingerprint density at radius 1 is 1.41 bits per heavy atom. The van der Waals surface area contributed by atoms with E-state index >= 15 is 0 Å². The van der Waals surface area contributed by atoms with Gasteiger partial charge in [-0.05, 0) is 50.4 Å². The van der Waals surface area contributed by atoms with Crippen molar-refractivity contribution in [1.82, 2.24) is 10.6 Å². The molecule has 1 aliphatic heterocycles. The number of hydrogen-bond acceptors (Lipinski definition) is 4. The third-order valence-electron chi connectivity index (χ3n) is 3.39. The second-order valence-electron chi connectivity index (χ2n) is 4.97. The Kier molecular flexibility index (Phi) is 8.38. The molecule has 0 saturated carbocycles. The van der Waals surface area contributed by atoms with E-state index in [1.165, 1.54) is 10.5 Å². The van der Waals surface area contributed by atoms with Crippen molar-refractivity contribution >= 4 is 30.1 Å². The summed E-state index contributed by atoms with van der Waals surface area (Å²) in [6.45, 7) is 4.25. The van der Waals surface area contributed by atoms with E-state index in [0.717, 1.165) is 25.3 Å². The first kappa shape index (κ1) is 18.9. The molecular formula is C16H23ClN2O2S. The van der Waals surface area contributed by atoms with Crippen LogP contribution in [0.3, 0.4) is 0 Å². The summed E-state index contributed by atoms with van der Waals surface area (Å²) >= 11 is 1.68. The highest BCUT2D eigenvalue weighted by Crippen LogP contribution is 2.19. The van der Waals surface area contributed by atoms with Crippen molar-refractivity contribution in [1.29, 1.82) is 0 Å². The van der Waals surface area contributed by atoms with Crippen LogP contribution in [0.2, 0.25) is 0 Å². The van der Waals surface area contributed by atoms with Crippen LogP contribution in [0.15, 0.2) is 40.8 Å². The molecule has 1 aliphatic rings. The molecule has 1 unspecified atom stereocenters. The van der Waals surface area contributed by atoms with Crippen LogP contribution in [0.1, 0.15) is 13.3 Å². The van der Waals surface area contributed by atoms with Gasteiger partial charge in [0.2, 0.25) is 0 Å². The molecule has 0 aliphatic carbocycles. The number of benzene rings is 1. The highest BCUT2D eigenvalue weighted by molar-refractivity contribution is 7.98. The fourth-order valence-corrected chi connectivity index (χ4v) is 2.49. The van der Waals surface area contributed by atoms with Crippen LogP contribution in [0, 0.1) is 0 Å². The minimum atomic E-state index is -0.493. The SMILES string of the molecule is CSc1ccc(OC(C)C(=O)NCC2=CCNCC2)cc1.Cl. The zero-order chi connectivity index (χ0) is 15.1. The highest BCUT2D eigenvalue weighted by Gasteiger charge is 2.15. The lowest BCUT2D eigenvalue weighted by atomic mass is 10.1. The number of ether oxygens (including phenoxy) is 1. The van der Waals surface area contributed by atoms with Crippen LogP contribution < -0.4 is 15.4 Å². The summed E-state index contributed by atoms with van der Waals surface area (Å²) < 4.78 is 5.66. The maximum Gasteiger partial charge on any atom is 0.261 e. The minimum absolute atomic E-state index is 0. The molecule has 0 aromatic heterocycles. The van der Waals surface area contributed by atoms with Gasteiger partial charge < -0.3 is 15.4 Å². The summed E-state index contributed by atoms with van der Waals surface area (Å²) in [5.41, 5.74) is 1.28. The Morgan fingerprint density at radius 3 is 2.73 bits per heavy atom. The van der Waals surface area contributed by atoms with Crippen molar-refractivity contribution in [3.05, 3.63) is 35.9 Å². The second-order valence-corrected chi connectivity index (χ2v) is 5.85. The fraction of sp³-hybridized carbons (Fsp3) is 0.438. The summed E-state index contributed by atoms with van der Waals surface area (Å²) in [6.07, 6.45) is 4.66. The van der Waals surface area contributed by atoms with E-state index < -0.39 is 6.10 Å². The molecule has 6 heteroatoms. The van der Waals surface area contributed by atoms with Gasteiger partial charge in [-0.1, -0.05) is 11.6 Å². The first-order valence-electron chi connectivity index (χ1n) is 7.16. The van der Waals surface area contributed by atoms with E-state index in [4.69, 9.17) is 4.74 Å². The molecule has 1 aromatic rings.